The molecule has 0 radical (unpaired) electrons. The van der Waals surface area contributed by atoms with Crippen LogP contribution in [-0.4, -0.2) is 64.3 Å². The molecule has 0 saturated carbocycles. The molecule has 1 fully saturated rings. The minimum Gasteiger partial charge on any atom is -0.483 e. The number of carbonyl (C=O) groups is 1. The summed E-state index contributed by atoms with van der Waals surface area (Å²) in [5.74, 6) is 1.59. The molecule has 8 heteroatoms. The highest BCUT2D eigenvalue weighted by atomic mass is 16.5. The molecule has 1 aliphatic rings. The third-order valence-corrected chi connectivity index (χ3v) is 5.90. The van der Waals surface area contributed by atoms with E-state index >= 15 is 0 Å². The van der Waals surface area contributed by atoms with E-state index in [2.05, 4.69) is 10.1 Å². The lowest BCUT2D eigenvalue weighted by Gasteiger charge is -2.20. The first-order valence-electron chi connectivity index (χ1n) is 10.8. The normalized spacial score (nSPS) is 15.8. The number of rotatable bonds is 6. The van der Waals surface area contributed by atoms with E-state index in [1.54, 1.807) is 4.68 Å². The summed E-state index contributed by atoms with van der Waals surface area (Å²) in [6.07, 6.45) is 6.51. The maximum Gasteiger partial charge on any atom is 0.260 e. The molecule has 0 bridgehead atoms. The summed E-state index contributed by atoms with van der Waals surface area (Å²) in [5, 5.41) is 4.30. The number of aromatic nitrogens is 4. The molecular weight excluding hydrogens is 404 g/mol. The summed E-state index contributed by atoms with van der Waals surface area (Å²) in [6, 6.07) is 5.99. The van der Waals surface area contributed by atoms with Gasteiger partial charge in [0, 0.05) is 63.7 Å². The molecule has 2 aromatic heterocycles. The zero-order chi connectivity index (χ0) is 22.8. The van der Waals surface area contributed by atoms with E-state index in [4.69, 9.17) is 9.72 Å². The number of hydrogen-bond acceptors (Lipinski definition) is 6. The second-order valence-corrected chi connectivity index (χ2v) is 8.60. The maximum absolute atomic E-state index is 12.9. The number of carbonyl (C=O) groups excluding carboxylic acids is 1. The number of anilines is 1. The Balaban J connectivity index is 1.51. The molecule has 1 amide bonds. The van der Waals surface area contributed by atoms with Crippen molar-refractivity contribution in [2.45, 2.75) is 26.2 Å². The van der Waals surface area contributed by atoms with Gasteiger partial charge in [0.15, 0.2) is 6.61 Å². The second-order valence-electron chi connectivity index (χ2n) is 8.60. The van der Waals surface area contributed by atoms with E-state index in [0.29, 0.717) is 19.0 Å². The predicted octanol–water partition coefficient (Wildman–Crippen LogP) is 2.95. The number of aryl methyl sites for hydroxylation is 3. The standard InChI is InChI=1S/C24H30N6O2/c1-16-7-6-8-17(2)23(16)32-15-21(31)30-10-9-18(14-30)22-20(19-11-26-29(5)13-19)12-25-24(27-22)28(3)4/h6-8,11-13,18H,9-10,14-15H2,1-5H3. The molecule has 0 N–H and O–H groups in total. The molecule has 168 valence electrons. The van der Waals surface area contributed by atoms with Gasteiger partial charge in [-0.25, -0.2) is 9.97 Å². The zero-order valence-electron chi connectivity index (χ0n) is 19.4. The van der Waals surface area contributed by atoms with Crippen LogP contribution in [0.3, 0.4) is 0 Å². The van der Waals surface area contributed by atoms with Gasteiger partial charge < -0.3 is 14.5 Å². The Morgan fingerprint density at radius 2 is 1.97 bits per heavy atom. The quantitative estimate of drug-likeness (QED) is 0.594. The van der Waals surface area contributed by atoms with Crippen molar-refractivity contribution in [2.75, 3.05) is 38.7 Å². The Kier molecular flexibility index (Phi) is 6.12. The van der Waals surface area contributed by atoms with Crippen molar-refractivity contribution in [1.29, 1.82) is 0 Å². The molecule has 1 unspecified atom stereocenters. The number of para-hydroxylation sites is 1. The van der Waals surface area contributed by atoms with Gasteiger partial charge in [-0.1, -0.05) is 18.2 Å². The van der Waals surface area contributed by atoms with Crippen LogP contribution < -0.4 is 9.64 Å². The van der Waals surface area contributed by atoms with E-state index < -0.39 is 0 Å². The van der Waals surface area contributed by atoms with Crippen molar-refractivity contribution in [3.8, 4) is 16.9 Å². The number of likely N-dealkylation sites (tertiary alicyclic amines) is 1. The summed E-state index contributed by atoms with van der Waals surface area (Å²) in [5.41, 5.74) is 4.99. The molecule has 1 aromatic carbocycles. The average molecular weight is 435 g/mol. The van der Waals surface area contributed by atoms with Crippen LogP contribution in [-0.2, 0) is 11.8 Å². The van der Waals surface area contributed by atoms with Gasteiger partial charge in [0.05, 0.1) is 11.9 Å². The molecule has 8 nitrogen and oxygen atoms in total. The molecule has 1 saturated heterocycles. The van der Waals surface area contributed by atoms with E-state index in [1.807, 2.05) is 81.6 Å². The first kappa shape index (κ1) is 21.8. The molecular formula is C24H30N6O2. The summed E-state index contributed by atoms with van der Waals surface area (Å²) in [4.78, 5) is 26.0. The van der Waals surface area contributed by atoms with Crippen molar-refractivity contribution in [1.82, 2.24) is 24.6 Å². The van der Waals surface area contributed by atoms with Gasteiger partial charge in [0.25, 0.3) is 5.91 Å². The molecule has 3 aromatic rings. The summed E-state index contributed by atoms with van der Waals surface area (Å²) < 4.78 is 7.67. The van der Waals surface area contributed by atoms with Gasteiger partial charge in [-0.2, -0.15) is 5.10 Å². The lowest BCUT2D eigenvalue weighted by molar-refractivity contribution is -0.132. The van der Waals surface area contributed by atoms with Gasteiger partial charge >= 0.3 is 0 Å². The SMILES string of the molecule is Cc1cccc(C)c1OCC(=O)N1CCC(c2nc(N(C)C)ncc2-c2cnn(C)c2)C1. The van der Waals surface area contributed by atoms with Gasteiger partial charge in [0.1, 0.15) is 5.75 Å². The number of ether oxygens (including phenoxy) is 1. The number of benzene rings is 1. The summed E-state index contributed by atoms with van der Waals surface area (Å²) >= 11 is 0. The summed E-state index contributed by atoms with van der Waals surface area (Å²) in [7, 11) is 5.75. The minimum absolute atomic E-state index is 0.0000278. The fourth-order valence-electron chi connectivity index (χ4n) is 4.16. The Hall–Kier alpha value is -3.42. The monoisotopic (exact) mass is 434 g/mol. The van der Waals surface area contributed by atoms with Crippen LogP contribution in [0.2, 0.25) is 0 Å². The van der Waals surface area contributed by atoms with Crippen molar-refractivity contribution in [3.63, 3.8) is 0 Å². The molecule has 1 aliphatic heterocycles. The first-order chi connectivity index (χ1) is 15.3. The van der Waals surface area contributed by atoms with Crippen LogP contribution in [0.1, 0.15) is 29.2 Å². The summed E-state index contributed by atoms with van der Waals surface area (Å²) in [6.45, 7) is 5.34. The fourth-order valence-corrected chi connectivity index (χ4v) is 4.16. The average Bonchev–Trinajstić information content (AvgIpc) is 3.42. The second kappa shape index (κ2) is 8.98. The van der Waals surface area contributed by atoms with Crippen LogP contribution in [0, 0.1) is 13.8 Å². The number of hydrogen-bond donors (Lipinski definition) is 0. The van der Waals surface area contributed by atoms with E-state index in [0.717, 1.165) is 40.1 Å². The molecule has 32 heavy (non-hydrogen) atoms. The van der Waals surface area contributed by atoms with Crippen molar-refractivity contribution >= 4 is 11.9 Å². The van der Waals surface area contributed by atoms with Crippen molar-refractivity contribution in [3.05, 3.63) is 53.6 Å². The number of amides is 1. The van der Waals surface area contributed by atoms with Gasteiger partial charge in [-0.15, -0.1) is 0 Å². The first-order valence-corrected chi connectivity index (χ1v) is 10.8. The number of nitrogens with zero attached hydrogens (tertiary/aromatic N) is 6. The minimum atomic E-state index is -0.0000278. The van der Waals surface area contributed by atoms with Crippen LogP contribution in [0.25, 0.3) is 11.1 Å². The molecule has 4 rings (SSSR count). The maximum atomic E-state index is 12.9. The van der Waals surface area contributed by atoms with E-state index in [1.165, 1.54) is 0 Å². The van der Waals surface area contributed by atoms with Crippen LogP contribution in [0.5, 0.6) is 5.75 Å². The largest absolute Gasteiger partial charge is 0.483 e. The lowest BCUT2D eigenvalue weighted by atomic mass is 9.97. The third-order valence-electron chi connectivity index (χ3n) is 5.90. The highest BCUT2D eigenvalue weighted by molar-refractivity contribution is 5.78. The van der Waals surface area contributed by atoms with Crippen LogP contribution in [0.4, 0.5) is 5.95 Å². The van der Waals surface area contributed by atoms with Gasteiger partial charge in [0.2, 0.25) is 5.95 Å². The lowest BCUT2D eigenvalue weighted by Crippen LogP contribution is -2.33. The Morgan fingerprint density at radius 1 is 1.22 bits per heavy atom. The van der Waals surface area contributed by atoms with Gasteiger partial charge in [-0.05, 0) is 31.4 Å². The van der Waals surface area contributed by atoms with E-state index in [-0.39, 0.29) is 18.4 Å². The third kappa shape index (κ3) is 4.44. The zero-order valence-corrected chi connectivity index (χ0v) is 19.4. The predicted molar refractivity (Wildman–Crippen MR) is 124 cm³/mol. The molecule has 0 aliphatic carbocycles. The van der Waals surface area contributed by atoms with Crippen LogP contribution >= 0.6 is 0 Å². The highest BCUT2D eigenvalue weighted by Crippen LogP contribution is 2.34. The highest BCUT2D eigenvalue weighted by Gasteiger charge is 2.31. The Bertz CT molecular complexity index is 1100. The van der Waals surface area contributed by atoms with Crippen LogP contribution in [0.15, 0.2) is 36.8 Å². The molecule has 3 heterocycles. The Labute approximate surface area is 188 Å². The van der Waals surface area contributed by atoms with Crippen molar-refractivity contribution < 1.29 is 9.53 Å². The smallest absolute Gasteiger partial charge is 0.260 e. The van der Waals surface area contributed by atoms with E-state index in [9.17, 15) is 4.79 Å². The Morgan fingerprint density at radius 3 is 2.62 bits per heavy atom. The fraction of sp³-hybridized carbons (Fsp3) is 0.417. The van der Waals surface area contributed by atoms with Gasteiger partial charge in [-0.3, -0.25) is 9.48 Å². The van der Waals surface area contributed by atoms with Crippen molar-refractivity contribution in [2.24, 2.45) is 7.05 Å². The molecule has 0 spiro atoms. The molecule has 1 atom stereocenters. The topological polar surface area (TPSA) is 76.4 Å².